The number of hydrogen-bond donors (Lipinski definition) is 1. The molecule has 1 saturated carbocycles. The standard InChI is InChI=1S/C12H23N/c1-8-5-4-6-12-11(8)7-9(2)10(3)13-12/h8-13H,4-7H2,1-3H3. The van der Waals surface area contributed by atoms with Gasteiger partial charge in [0.05, 0.1) is 0 Å². The van der Waals surface area contributed by atoms with Gasteiger partial charge in [0.2, 0.25) is 0 Å². The topological polar surface area (TPSA) is 12.0 Å². The highest BCUT2D eigenvalue weighted by molar-refractivity contribution is 4.93. The summed E-state index contributed by atoms with van der Waals surface area (Å²) in [6.07, 6.45) is 5.78. The number of nitrogens with one attached hydrogen (secondary N) is 1. The van der Waals surface area contributed by atoms with Crippen LogP contribution in [0.15, 0.2) is 0 Å². The van der Waals surface area contributed by atoms with Gasteiger partial charge >= 0.3 is 0 Å². The van der Waals surface area contributed by atoms with Crippen molar-refractivity contribution < 1.29 is 0 Å². The molecule has 1 aliphatic carbocycles. The fraction of sp³-hybridized carbons (Fsp3) is 1.00. The van der Waals surface area contributed by atoms with E-state index in [4.69, 9.17) is 0 Å². The molecule has 0 aromatic carbocycles. The number of hydrogen-bond acceptors (Lipinski definition) is 1. The minimum absolute atomic E-state index is 0.742. The summed E-state index contributed by atoms with van der Waals surface area (Å²) in [7, 11) is 0. The minimum atomic E-state index is 0.742. The van der Waals surface area contributed by atoms with Crippen molar-refractivity contribution in [2.75, 3.05) is 0 Å². The Bertz CT molecular complexity index is 178. The van der Waals surface area contributed by atoms with E-state index in [0.29, 0.717) is 0 Å². The van der Waals surface area contributed by atoms with Crippen LogP contribution >= 0.6 is 0 Å². The van der Waals surface area contributed by atoms with E-state index in [1.807, 2.05) is 0 Å². The number of rotatable bonds is 0. The van der Waals surface area contributed by atoms with E-state index < -0.39 is 0 Å². The monoisotopic (exact) mass is 181 g/mol. The van der Waals surface area contributed by atoms with Crippen LogP contribution in [-0.4, -0.2) is 12.1 Å². The number of piperidine rings is 1. The van der Waals surface area contributed by atoms with Crippen molar-refractivity contribution in [3.05, 3.63) is 0 Å². The van der Waals surface area contributed by atoms with Crippen molar-refractivity contribution in [3.8, 4) is 0 Å². The predicted molar refractivity (Wildman–Crippen MR) is 56.7 cm³/mol. The summed E-state index contributed by atoms with van der Waals surface area (Å²) < 4.78 is 0. The van der Waals surface area contributed by atoms with E-state index in [-0.39, 0.29) is 0 Å². The van der Waals surface area contributed by atoms with Crippen LogP contribution in [0.4, 0.5) is 0 Å². The van der Waals surface area contributed by atoms with Crippen molar-refractivity contribution in [1.29, 1.82) is 0 Å². The van der Waals surface area contributed by atoms with Crippen LogP contribution in [0.25, 0.3) is 0 Å². The zero-order valence-electron chi connectivity index (χ0n) is 9.22. The van der Waals surface area contributed by atoms with Crippen LogP contribution in [0.3, 0.4) is 0 Å². The van der Waals surface area contributed by atoms with Gasteiger partial charge in [0.15, 0.2) is 0 Å². The van der Waals surface area contributed by atoms with Crippen molar-refractivity contribution in [1.82, 2.24) is 5.32 Å². The molecule has 1 heteroatoms. The van der Waals surface area contributed by atoms with E-state index >= 15 is 0 Å². The van der Waals surface area contributed by atoms with Crippen LogP contribution in [0, 0.1) is 17.8 Å². The molecule has 1 aliphatic heterocycles. The molecular formula is C12H23N. The molecule has 0 amide bonds. The fourth-order valence-electron chi connectivity index (χ4n) is 3.22. The van der Waals surface area contributed by atoms with E-state index in [1.54, 1.807) is 0 Å². The highest BCUT2D eigenvalue weighted by Gasteiger charge is 2.37. The van der Waals surface area contributed by atoms with E-state index in [0.717, 1.165) is 29.8 Å². The molecule has 2 rings (SSSR count). The van der Waals surface area contributed by atoms with Gasteiger partial charge in [-0.25, -0.2) is 0 Å². The van der Waals surface area contributed by atoms with Crippen LogP contribution < -0.4 is 5.32 Å². The van der Waals surface area contributed by atoms with Gasteiger partial charge in [-0.15, -0.1) is 0 Å². The first-order chi connectivity index (χ1) is 6.18. The molecule has 0 radical (unpaired) electrons. The van der Waals surface area contributed by atoms with Crippen LogP contribution in [0.2, 0.25) is 0 Å². The highest BCUT2D eigenvalue weighted by Crippen LogP contribution is 2.38. The average Bonchev–Trinajstić information content (AvgIpc) is 2.09. The van der Waals surface area contributed by atoms with Crippen molar-refractivity contribution in [3.63, 3.8) is 0 Å². The molecule has 0 spiro atoms. The Morgan fingerprint density at radius 3 is 2.54 bits per heavy atom. The Morgan fingerprint density at radius 2 is 1.77 bits per heavy atom. The Morgan fingerprint density at radius 1 is 1.00 bits per heavy atom. The molecule has 1 saturated heterocycles. The first kappa shape index (κ1) is 9.51. The lowest BCUT2D eigenvalue weighted by Crippen LogP contribution is -2.53. The SMILES string of the molecule is CC1CC2C(C)CCCC2NC1C. The third kappa shape index (κ3) is 1.76. The van der Waals surface area contributed by atoms with Crippen molar-refractivity contribution in [2.45, 2.75) is 58.5 Å². The predicted octanol–water partition coefficient (Wildman–Crippen LogP) is 2.81. The van der Waals surface area contributed by atoms with Gasteiger partial charge in [0, 0.05) is 12.1 Å². The lowest BCUT2D eigenvalue weighted by atomic mass is 9.69. The minimum Gasteiger partial charge on any atom is -0.311 e. The molecule has 76 valence electrons. The second-order valence-electron chi connectivity index (χ2n) is 5.35. The molecule has 13 heavy (non-hydrogen) atoms. The second kappa shape index (κ2) is 3.61. The summed E-state index contributed by atoms with van der Waals surface area (Å²) in [5, 5.41) is 3.80. The summed E-state index contributed by atoms with van der Waals surface area (Å²) in [6.45, 7) is 7.19. The molecule has 5 atom stereocenters. The van der Waals surface area contributed by atoms with Gasteiger partial charge in [-0.05, 0) is 37.5 Å². The lowest BCUT2D eigenvalue weighted by molar-refractivity contribution is 0.0957. The molecule has 0 aromatic heterocycles. The van der Waals surface area contributed by atoms with Gasteiger partial charge < -0.3 is 5.32 Å². The molecule has 1 N–H and O–H groups in total. The van der Waals surface area contributed by atoms with Crippen LogP contribution in [0.5, 0.6) is 0 Å². The maximum absolute atomic E-state index is 3.80. The summed E-state index contributed by atoms with van der Waals surface area (Å²) in [5.41, 5.74) is 0. The Hall–Kier alpha value is -0.0400. The molecule has 2 aliphatic rings. The zero-order chi connectivity index (χ0) is 9.42. The Balaban J connectivity index is 2.04. The van der Waals surface area contributed by atoms with Crippen LogP contribution in [-0.2, 0) is 0 Å². The van der Waals surface area contributed by atoms with Crippen molar-refractivity contribution in [2.24, 2.45) is 17.8 Å². The summed E-state index contributed by atoms with van der Waals surface area (Å²) in [4.78, 5) is 0. The molecule has 1 nitrogen and oxygen atoms in total. The second-order valence-corrected chi connectivity index (χ2v) is 5.35. The summed E-state index contributed by atoms with van der Waals surface area (Å²) in [5.74, 6) is 2.81. The molecule has 0 bridgehead atoms. The van der Waals surface area contributed by atoms with E-state index in [2.05, 4.69) is 26.1 Å². The van der Waals surface area contributed by atoms with Gasteiger partial charge in [0.25, 0.3) is 0 Å². The van der Waals surface area contributed by atoms with E-state index in [9.17, 15) is 0 Å². The normalized spacial score (nSPS) is 51.5. The fourth-order valence-corrected chi connectivity index (χ4v) is 3.22. The largest absolute Gasteiger partial charge is 0.311 e. The zero-order valence-corrected chi connectivity index (χ0v) is 9.22. The van der Waals surface area contributed by atoms with E-state index in [1.165, 1.54) is 25.7 Å². The Labute approximate surface area is 82.3 Å². The first-order valence-electron chi connectivity index (χ1n) is 5.94. The third-order valence-corrected chi connectivity index (χ3v) is 4.40. The third-order valence-electron chi connectivity index (χ3n) is 4.40. The van der Waals surface area contributed by atoms with Crippen LogP contribution in [0.1, 0.15) is 46.5 Å². The first-order valence-corrected chi connectivity index (χ1v) is 5.94. The smallest absolute Gasteiger partial charge is 0.0101 e. The molecule has 2 fully saturated rings. The highest BCUT2D eigenvalue weighted by atomic mass is 15.0. The van der Waals surface area contributed by atoms with Gasteiger partial charge in [-0.1, -0.05) is 26.7 Å². The summed E-state index contributed by atoms with van der Waals surface area (Å²) in [6, 6.07) is 1.58. The maximum atomic E-state index is 3.80. The average molecular weight is 181 g/mol. The van der Waals surface area contributed by atoms with Gasteiger partial charge in [0.1, 0.15) is 0 Å². The molecule has 5 unspecified atom stereocenters. The van der Waals surface area contributed by atoms with Crippen molar-refractivity contribution >= 4 is 0 Å². The molecular weight excluding hydrogens is 158 g/mol. The maximum Gasteiger partial charge on any atom is 0.0101 e. The van der Waals surface area contributed by atoms with Gasteiger partial charge in [-0.2, -0.15) is 0 Å². The Kier molecular flexibility index (Phi) is 2.64. The quantitative estimate of drug-likeness (QED) is 0.606. The number of fused-ring (bicyclic) bond motifs is 1. The molecule has 0 aromatic rings. The molecule has 1 heterocycles. The van der Waals surface area contributed by atoms with Gasteiger partial charge in [-0.3, -0.25) is 0 Å². The summed E-state index contributed by atoms with van der Waals surface area (Å²) >= 11 is 0. The lowest BCUT2D eigenvalue weighted by Gasteiger charge is -2.45.